The van der Waals surface area contributed by atoms with Crippen molar-refractivity contribution in [3.05, 3.63) is 59.1 Å². The summed E-state index contributed by atoms with van der Waals surface area (Å²) < 4.78 is 46.3. The summed E-state index contributed by atoms with van der Waals surface area (Å²) in [6, 6.07) is 8.69. The minimum Gasteiger partial charge on any atom is -0.417 e. The molecule has 3 amide bonds. The third-order valence-electron chi connectivity index (χ3n) is 7.60. The highest BCUT2D eigenvalue weighted by atomic mass is 19.4. The SMILES string of the molecule is Cc1cccc(C)c1NC(=O)NC1CCN(c2ccc(NC(=O)c3oc(N4CCCCC4)nc3C(F)(F)F)cn2)CC1. The Morgan fingerprint density at radius 1 is 0.929 bits per heavy atom. The van der Waals surface area contributed by atoms with E-state index in [-0.39, 0.29) is 23.8 Å². The van der Waals surface area contributed by atoms with Gasteiger partial charge in [-0.25, -0.2) is 9.78 Å². The average molecular weight is 586 g/mol. The molecular formula is C29H34F3N7O3. The number of amides is 3. The Bertz CT molecular complexity index is 1390. The number of carbonyl (C=O) groups excluding carboxylic acids is 2. The Balaban J connectivity index is 1.16. The maximum atomic E-state index is 13.6. The quantitative estimate of drug-likeness (QED) is 0.338. The maximum absolute atomic E-state index is 13.6. The number of anilines is 4. The second-order valence-electron chi connectivity index (χ2n) is 10.7. The van der Waals surface area contributed by atoms with Crippen LogP contribution in [0.25, 0.3) is 0 Å². The molecule has 10 nitrogen and oxygen atoms in total. The lowest BCUT2D eigenvalue weighted by Gasteiger charge is -2.33. The van der Waals surface area contributed by atoms with Gasteiger partial charge in [0.2, 0.25) is 5.76 Å². The minimum absolute atomic E-state index is 0.00342. The number of alkyl halides is 3. The second kappa shape index (κ2) is 12.3. The highest BCUT2D eigenvalue weighted by molar-refractivity contribution is 6.03. The Kier molecular flexibility index (Phi) is 8.55. The first-order chi connectivity index (χ1) is 20.1. The van der Waals surface area contributed by atoms with Crippen LogP contribution < -0.4 is 25.8 Å². The van der Waals surface area contributed by atoms with E-state index >= 15 is 0 Å². The third kappa shape index (κ3) is 6.77. The minimum atomic E-state index is -4.84. The van der Waals surface area contributed by atoms with Crippen LogP contribution in [0.3, 0.4) is 0 Å². The van der Waals surface area contributed by atoms with Crippen molar-refractivity contribution in [2.75, 3.05) is 46.6 Å². The lowest BCUT2D eigenvalue weighted by molar-refractivity contribution is -0.141. The van der Waals surface area contributed by atoms with E-state index in [1.165, 1.54) is 6.20 Å². The number of aromatic nitrogens is 2. The Morgan fingerprint density at radius 2 is 1.62 bits per heavy atom. The molecule has 0 radical (unpaired) electrons. The summed E-state index contributed by atoms with van der Waals surface area (Å²) in [5.74, 6) is -1.25. The molecule has 13 heteroatoms. The molecule has 0 atom stereocenters. The largest absolute Gasteiger partial charge is 0.437 e. The highest BCUT2D eigenvalue weighted by Gasteiger charge is 2.42. The zero-order valence-electron chi connectivity index (χ0n) is 23.6. The molecule has 2 aliphatic heterocycles. The second-order valence-corrected chi connectivity index (χ2v) is 10.7. The van der Waals surface area contributed by atoms with Gasteiger partial charge in [-0.1, -0.05) is 18.2 Å². The molecule has 2 saturated heterocycles. The number of nitrogens with one attached hydrogen (secondary N) is 3. The number of aryl methyl sites for hydroxylation is 2. The van der Waals surface area contributed by atoms with E-state index in [0.29, 0.717) is 44.8 Å². The molecule has 4 heterocycles. The summed E-state index contributed by atoms with van der Waals surface area (Å²) in [5.41, 5.74) is 1.69. The lowest BCUT2D eigenvalue weighted by Crippen LogP contribution is -2.46. The smallest absolute Gasteiger partial charge is 0.417 e. The molecule has 0 bridgehead atoms. The van der Waals surface area contributed by atoms with Crippen molar-refractivity contribution in [3.63, 3.8) is 0 Å². The van der Waals surface area contributed by atoms with Crippen LogP contribution in [0.5, 0.6) is 0 Å². The zero-order chi connectivity index (χ0) is 29.9. The number of benzene rings is 1. The van der Waals surface area contributed by atoms with Crippen LogP contribution in [0.4, 0.5) is 41.2 Å². The molecule has 0 spiro atoms. The topological polar surface area (TPSA) is 116 Å². The number of urea groups is 1. The Morgan fingerprint density at radius 3 is 2.24 bits per heavy atom. The summed E-state index contributed by atoms with van der Waals surface area (Å²) in [7, 11) is 0. The molecule has 0 saturated carbocycles. The van der Waals surface area contributed by atoms with E-state index in [9.17, 15) is 22.8 Å². The predicted octanol–water partition coefficient (Wildman–Crippen LogP) is 5.74. The number of para-hydroxylation sites is 1. The van der Waals surface area contributed by atoms with Gasteiger partial charge in [0.15, 0.2) is 5.69 Å². The van der Waals surface area contributed by atoms with Crippen LogP contribution in [0.1, 0.15) is 59.5 Å². The summed E-state index contributed by atoms with van der Waals surface area (Å²) >= 11 is 0. The van der Waals surface area contributed by atoms with Crippen LogP contribution in [0.2, 0.25) is 0 Å². The van der Waals surface area contributed by atoms with Crippen LogP contribution in [0, 0.1) is 13.8 Å². The Hall–Kier alpha value is -4.29. The van der Waals surface area contributed by atoms with Gasteiger partial charge < -0.3 is 30.2 Å². The first-order valence-corrected chi connectivity index (χ1v) is 14.1. The van der Waals surface area contributed by atoms with Crippen molar-refractivity contribution in [3.8, 4) is 0 Å². The molecule has 5 rings (SSSR count). The molecule has 2 aliphatic rings. The van der Waals surface area contributed by atoms with Crippen molar-refractivity contribution < 1.29 is 27.2 Å². The molecule has 224 valence electrons. The molecule has 3 aromatic rings. The van der Waals surface area contributed by atoms with Gasteiger partial charge in [0.05, 0.1) is 11.9 Å². The van der Waals surface area contributed by atoms with Gasteiger partial charge >= 0.3 is 12.2 Å². The number of halogens is 3. The van der Waals surface area contributed by atoms with Crippen molar-refractivity contribution in [2.24, 2.45) is 0 Å². The van der Waals surface area contributed by atoms with Crippen LogP contribution >= 0.6 is 0 Å². The molecular weight excluding hydrogens is 551 g/mol. The van der Waals surface area contributed by atoms with E-state index in [2.05, 4.69) is 30.8 Å². The average Bonchev–Trinajstić information content (AvgIpc) is 3.43. The molecule has 0 unspecified atom stereocenters. The van der Waals surface area contributed by atoms with Gasteiger partial charge in [0.1, 0.15) is 5.82 Å². The van der Waals surface area contributed by atoms with Crippen molar-refractivity contribution in [2.45, 2.75) is 58.2 Å². The standard InChI is InChI=1S/C29H34F3N7O3/c1-18-7-6-8-19(2)23(18)36-27(41)35-20-11-15-38(16-12-20)22-10-9-21(17-33-22)34-26(40)24-25(29(30,31)32)37-28(42-24)39-13-4-3-5-14-39/h6-10,17,20H,3-5,11-16H2,1-2H3,(H,34,40)(H2,35,36,41). The van der Waals surface area contributed by atoms with Crippen LogP contribution in [-0.4, -0.2) is 54.1 Å². The maximum Gasteiger partial charge on any atom is 0.437 e. The third-order valence-corrected chi connectivity index (χ3v) is 7.60. The predicted molar refractivity (Wildman–Crippen MR) is 153 cm³/mol. The van der Waals surface area contributed by atoms with E-state index in [4.69, 9.17) is 4.42 Å². The molecule has 2 fully saturated rings. The molecule has 2 aromatic heterocycles. The van der Waals surface area contributed by atoms with E-state index in [1.54, 1.807) is 17.0 Å². The number of hydrogen-bond acceptors (Lipinski definition) is 7. The van der Waals surface area contributed by atoms with Gasteiger partial charge in [-0.15, -0.1) is 0 Å². The van der Waals surface area contributed by atoms with E-state index < -0.39 is 23.5 Å². The zero-order valence-corrected chi connectivity index (χ0v) is 23.6. The molecule has 1 aromatic carbocycles. The highest BCUT2D eigenvalue weighted by Crippen LogP contribution is 2.35. The van der Waals surface area contributed by atoms with Gasteiger partial charge in [0.25, 0.3) is 11.9 Å². The van der Waals surface area contributed by atoms with Gasteiger partial charge in [-0.05, 0) is 69.2 Å². The number of piperidine rings is 2. The summed E-state index contributed by atoms with van der Waals surface area (Å²) in [6.07, 6.45) is 0.607. The normalized spacial score (nSPS) is 16.3. The number of oxazole rings is 1. The summed E-state index contributed by atoms with van der Waals surface area (Å²) in [6.45, 7) is 6.25. The van der Waals surface area contributed by atoms with Gasteiger partial charge in [-0.2, -0.15) is 18.2 Å². The fourth-order valence-corrected chi connectivity index (χ4v) is 5.31. The van der Waals surface area contributed by atoms with E-state index in [0.717, 1.165) is 36.1 Å². The van der Waals surface area contributed by atoms with Crippen LogP contribution in [-0.2, 0) is 6.18 Å². The van der Waals surface area contributed by atoms with Crippen LogP contribution in [0.15, 0.2) is 40.9 Å². The summed E-state index contributed by atoms with van der Waals surface area (Å²) in [4.78, 5) is 37.1. The van der Waals surface area contributed by atoms with Crippen molar-refractivity contribution >= 4 is 35.1 Å². The van der Waals surface area contributed by atoms with Gasteiger partial charge in [-0.3, -0.25) is 4.79 Å². The fraction of sp³-hybridized carbons (Fsp3) is 0.448. The monoisotopic (exact) mass is 585 g/mol. The summed E-state index contributed by atoms with van der Waals surface area (Å²) in [5, 5.41) is 8.43. The van der Waals surface area contributed by atoms with Crippen molar-refractivity contribution in [1.82, 2.24) is 15.3 Å². The van der Waals surface area contributed by atoms with Crippen molar-refractivity contribution in [1.29, 1.82) is 0 Å². The van der Waals surface area contributed by atoms with E-state index in [1.807, 2.05) is 32.0 Å². The lowest BCUT2D eigenvalue weighted by atomic mass is 10.1. The van der Waals surface area contributed by atoms with Gasteiger partial charge in [0, 0.05) is 37.9 Å². The molecule has 42 heavy (non-hydrogen) atoms. The number of nitrogens with zero attached hydrogens (tertiary/aromatic N) is 4. The first kappa shape index (κ1) is 29.2. The Labute approximate surface area is 241 Å². The molecule has 0 aliphatic carbocycles. The number of rotatable bonds is 6. The number of hydrogen-bond donors (Lipinski definition) is 3. The first-order valence-electron chi connectivity index (χ1n) is 14.1. The number of pyridine rings is 1. The molecule has 3 N–H and O–H groups in total. The fourth-order valence-electron chi connectivity index (χ4n) is 5.31. The number of carbonyl (C=O) groups is 2.